The SMILES string of the molecule is C=C(C)[C@H]1C[C@@]2(C)[C@H](CC[C@@H](OC(=O)/C=C/C[C@@H](C)OC(=O)/C(C)=C\C)[C@@H]2C)[C@@H](O)C1=O. The highest BCUT2D eigenvalue weighted by Crippen LogP contribution is 2.55. The number of carbonyl (C=O) groups excluding carboxylic acids is 3. The number of aliphatic hydroxyl groups excluding tert-OH is 1. The molecule has 2 rings (SSSR count). The van der Waals surface area contributed by atoms with Gasteiger partial charge >= 0.3 is 11.9 Å². The zero-order valence-corrected chi connectivity index (χ0v) is 20.2. The van der Waals surface area contributed by atoms with Crippen molar-refractivity contribution in [1.82, 2.24) is 0 Å². The van der Waals surface area contributed by atoms with Crippen LogP contribution in [-0.4, -0.2) is 41.1 Å². The molecule has 0 aliphatic heterocycles. The first-order valence-electron chi connectivity index (χ1n) is 11.5. The Kier molecular flexibility index (Phi) is 8.63. The number of hydrogen-bond donors (Lipinski definition) is 1. The fourth-order valence-electron chi connectivity index (χ4n) is 5.05. The van der Waals surface area contributed by atoms with E-state index in [4.69, 9.17) is 9.47 Å². The van der Waals surface area contributed by atoms with Gasteiger partial charge in [-0.2, -0.15) is 0 Å². The molecule has 0 aromatic heterocycles. The molecule has 32 heavy (non-hydrogen) atoms. The van der Waals surface area contributed by atoms with E-state index in [1.807, 2.05) is 13.8 Å². The predicted octanol–water partition coefficient (Wildman–Crippen LogP) is 4.32. The Morgan fingerprint density at radius 2 is 1.97 bits per heavy atom. The largest absolute Gasteiger partial charge is 0.459 e. The second-order valence-electron chi connectivity index (χ2n) is 9.73. The van der Waals surface area contributed by atoms with Crippen LogP contribution in [0.5, 0.6) is 0 Å². The van der Waals surface area contributed by atoms with Gasteiger partial charge in [0.15, 0.2) is 5.78 Å². The van der Waals surface area contributed by atoms with Crippen molar-refractivity contribution in [2.45, 2.75) is 85.5 Å². The molecule has 1 N–H and O–H groups in total. The summed E-state index contributed by atoms with van der Waals surface area (Å²) in [5, 5.41) is 10.7. The monoisotopic (exact) mass is 446 g/mol. The van der Waals surface area contributed by atoms with Crippen LogP contribution >= 0.6 is 0 Å². The van der Waals surface area contributed by atoms with E-state index in [-0.39, 0.29) is 47.1 Å². The fraction of sp³-hybridized carbons (Fsp3) is 0.654. The number of ether oxygens (including phenoxy) is 2. The van der Waals surface area contributed by atoms with Crippen molar-refractivity contribution >= 4 is 17.7 Å². The van der Waals surface area contributed by atoms with Crippen LogP contribution < -0.4 is 0 Å². The first-order chi connectivity index (χ1) is 14.9. The van der Waals surface area contributed by atoms with E-state index in [0.717, 1.165) is 5.57 Å². The van der Waals surface area contributed by atoms with Gasteiger partial charge in [-0.25, -0.2) is 9.59 Å². The summed E-state index contributed by atoms with van der Waals surface area (Å²) in [7, 11) is 0. The van der Waals surface area contributed by atoms with Crippen molar-refractivity contribution in [1.29, 1.82) is 0 Å². The molecule has 0 heterocycles. The minimum Gasteiger partial charge on any atom is -0.459 e. The average Bonchev–Trinajstić information content (AvgIpc) is 2.73. The first-order valence-corrected chi connectivity index (χ1v) is 11.5. The molecule has 6 heteroatoms. The second-order valence-corrected chi connectivity index (χ2v) is 9.73. The topological polar surface area (TPSA) is 89.9 Å². The Bertz CT molecular complexity index is 809. The highest BCUT2D eigenvalue weighted by atomic mass is 16.5. The number of hydrogen-bond acceptors (Lipinski definition) is 6. The zero-order valence-electron chi connectivity index (χ0n) is 20.2. The van der Waals surface area contributed by atoms with E-state index in [1.54, 1.807) is 32.9 Å². The second kappa shape index (κ2) is 10.6. The van der Waals surface area contributed by atoms with Crippen LogP contribution in [0.3, 0.4) is 0 Å². The van der Waals surface area contributed by atoms with E-state index in [2.05, 4.69) is 13.5 Å². The van der Waals surface area contributed by atoms with Gasteiger partial charge in [-0.05, 0) is 64.2 Å². The third kappa shape index (κ3) is 5.58. The number of rotatable bonds is 7. The van der Waals surface area contributed by atoms with Crippen LogP contribution in [0.15, 0.2) is 36.0 Å². The average molecular weight is 447 g/mol. The molecule has 0 aromatic carbocycles. The first kappa shape index (κ1) is 26.0. The van der Waals surface area contributed by atoms with Crippen molar-refractivity contribution in [3.05, 3.63) is 36.0 Å². The molecule has 2 saturated carbocycles. The van der Waals surface area contributed by atoms with Crippen LogP contribution in [-0.2, 0) is 23.9 Å². The maximum atomic E-state index is 12.6. The predicted molar refractivity (Wildman–Crippen MR) is 123 cm³/mol. The van der Waals surface area contributed by atoms with Gasteiger partial charge in [0.25, 0.3) is 0 Å². The van der Waals surface area contributed by atoms with E-state index in [9.17, 15) is 19.5 Å². The number of Topliss-reactive ketones (excluding diaryl/α,β-unsaturated/α-hetero) is 1. The number of ketones is 1. The van der Waals surface area contributed by atoms with Gasteiger partial charge < -0.3 is 14.6 Å². The molecule has 7 atom stereocenters. The summed E-state index contributed by atoms with van der Waals surface area (Å²) in [6.45, 7) is 15.1. The number of aliphatic hydroxyl groups is 1. The number of allylic oxidation sites excluding steroid dienone is 2. The molecule has 0 bridgehead atoms. The minimum absolute atomic E-state index is 0.00751. The highest BCUT2D eigenvalue weighted by Gasteiger charge is 2.56. The normalized spacial score (nSPS) is 34.0. The smallest absolute Gasteiger partial charge is 0.333 e. The summed E-state index contributed by atoms with van der Waals surface area (Å²) in [4.78, 5) is 36.8. The summed E-state index contributed by atoms with van der Waals surface area (Å²) >= 11 is 0. The maximum absolute atomic E-state index is 12.6. The molecule has 0 aromatic rings. The summed E-state index contributed by atoms with van der Waals surface area (Å²) in [6.07, 6.45) is 5.36. The van der Waals surface area contributed by atoms with Gasteiger partial charge in [0, 0.05) is 24.0 Å². The molecule has 0 saturated heterocycles. The summed E-state index contributed by atoms with van der Waals surface area (Å²) < 4.78 is 11.1. The molecule has 2 aliphatic carbocycles. The quantitative estimate of drug-likeness (QED) is 0.356. The third-order valence-corrected chi connectivity index (χ3v) is 7.51. The molecular formula is C26H38O6. The Balaban J connectivity index is 1.97. The molecule has 2 aliphatic rings. The van der Waals surface area contributed by atoms with Gasteiger partial charge in [0.2, 0.25) is 0 Å². The maximum Gasteiger partial charge on any atom is 0.333 e. The van der Waals surface area contributed by atoms with Gasteiger partial charge in [-0.3, -0.25) is 4.79 Å². The number of carbonyl (C=O) groups is 3. The van der Waals surface area contributed by atoms with E-state index in [0.29, 0.717) is 31.3 Å². The van der Waals surface area contributed by atoms with Crippen LogP contribution in [0.25, 0.3) is 0 Å². The van der Waals surface area contributed by atoms with Crippen molar-refractivity contribution in [3.63, 3.8) is 0 Å². The van der Waals surface area contributed by atoms with Gasteiger partial charge in [0.05, 0.1) is 0 Å². The van der Waals surface area contributed by atoms with Gasteiger partial charge in [-0.15, -0.1) is 0 Å². The number of esters is 2. The van der Waals surface area contributed by atoms with Crippen LogP contribution in [0.2, 0.25) is 0 Å². The fourth-order valence-corrected chi connectivity index (χ4v) is 5.05. The lowest BCUT2D eigenvalue weighted by molar-refractivity contribution is -0.172. The standard InChI is InChI=1S/C26H38O6/c1-8-16(4)25(30)31-17(5)10-9-11-22(27)32-21-13-12-20-24(29)23(28)19(15(2)3)14-26(20,7)18(21)6/h8-9,11,17-21,24,29H,2,10,12-14H2,1,3-7H3/b11-9+,16-8-/t17-,18+,19-,20-,21-,24-,26-/m1/s1. The Morgan fingerprint density at radius 3 is 2.56 bits per heavy atom. The third-order valence-electron chi connectivity index (χ3n) is 7.51. The minimum atomic E-state index is -0.996. The van der Waals surface area contributed by atoms with Crippen molar-refractivity contribution in [3.8, 4) is 0 Å². The van der Waals surface area contributed by atoms with E-state index < -0.39 is 12.1 Å². The van der Waals surface area contributed by atoms with Crippen LogP contribution in [0.4, 0.5) is 0 Å². The molecule has 0 radical (unpaired) electrons. The van der Waals surface area contributed by atoms with Crippen LogP contribution in [0, 0.1) is 23.2 Å². The zero-order chi connectivity index (χ0) is 24.2. The Labute approximate surface area is 191 Å². The molecule has 178 valence electrons. The lowest BCUT2D eigenvalue weighted by Crippen LogP contribution is -2.57. The molecule has 0 amide bonds. The van der Waals surface area contributed by atoms with E-state index >= 15 is 0 Å². The van der Waals surface area contributed by atoms with E-state index in [1.165, 1.54) is 6.08 Å². The summed E-state index contributed by atoms with van der Waals surface area (Å²) in [5.41, 5.74) is 0.987. The number of fused-ring (bicyclic) bond motifs is 1. The highest BCUT2D eigenvalue weighted by molar-refractivity contribution is 5.89. The molecule has 0 spiro atoms. The molecular weight excluding hydrogens is 408 g/mol. The molecule has 6 nitrogen and oxygen atoms in total. The summed E-state index contributed by atoms with van der Waals surface area (Å²) in [5.74, 6) is -1.44. The van der Waals surface area contributed by atoms with Gasteiger partial charge in [0.1, 0.15) is 18.3 Å². The summed E-state index contributed by atoms with van der Waals surface area (Å²) in [6, 6.07) is 0. The van der Waals surface area contributed by atoms with Gasteiger partial charge in [-0.1, -0.05) is 38.2 Å². The lowest BCUT2D eigenvalue weighted by atomic mass is 9.51. The van der Waals surface area contributed by atoms with Crippen molar-refractivity contribution in [2.24, 2.45) is 23.2 Å². The van der Waals surface area contributed by atoms with Crippen molar-refractivity contribution < 1.29 is 29.0 Å². The Hall–Kier alpha value is -2.21. The molecule has 2 fully saturated rings. The van der Waals surface area contributed by atoms with Crippen molar-refractivity contribution in [2.75, 3.05) is 0 Å². The Morgan fingerprint density at radius 1 is 1.31 bits per heavy atom. The lowest BCUT2D eigenvalue weighted by Gasteiger charge is -2.54. The molecule has 0 unspecified atom stereocenters. The van der Waals surface area contributed by atoms with Crippen LogP contribution in [0.1, 0.15) is 67.2 Å².